The van der Waals surface area contributed by atoms with Gasteiger partial charge in [-0.1, -0.05) is 217 Å². The molecule has 0 saturated heterocycles. The van der Waals surface area contributed by atoms with Crippen LogP contribution < -0.4 is 0 Å². The molecule has 0 heterocycles. The topological polar surface area (TPSA) is 78.9 Å². The van der Waals surface area contributed by atoms with E-state index in [2.05, 4.69) is 179 Å². The number of esters is 3. The van der Waals surface area contributed by atoms with Crippen molar-refractivity contribution in [1.29, 1.82) is 0 Å². The van der Waals surface area contributed by atoms with E-state index >= 15 is 0 Å². The van der Waals surface area contributed by atoms with Gasteiger partial charge in [0.1, 0.15) is 13.2 Å². The third kappa shape index (κ3) is 56.0. The number of hydrogen-bond acceptors (Lipinski definition) is 6. The van der Waals surface area contributed by atoms with Gasteiger partial charge in [0.25, 0.3) is 0 Å². The zero-order chi connectivity index (χ0) is 52.2. The molecular formula is C66H102O6. The monoisotopic (exact) mass is 991 g/mol. The van der Waals surface area contributed by atoms with Crippen LogP contribution in [0.5, 0.6) is 0 Å². The smallest absolute Gasteiger partial charge is 0.306 e. The van der Waals surface area contributed by atoms with Crippen LogP contribution in [0.15, 0.2) is 158 Å². The van der Waals surface area contributed by atoms with Gasteiger partial charge in [0.15, 0.2) is 6.10 Å². The molecule has 0 radical (unpaired) electrons. The molecule has 0 aromatic rings. The van der Waals surface area contributed by atoms with Gasteiger partial charge < -0.3 is 14.2 Å². The normalized spacial score (nSPS) is 13.3. The highest BCUT2D eigenvalue weighted by Gasteiger charge is 2.19. The quantitative estimate of drug-likeness (QED) is 0.0262. The van der Waals surface area contributed by atoms with Crippen LogP contribution in [0.3, 0.4) is 0 Å². The Morgan fingerprint density at radius 3 is 0.931 bits per heavy atom. The molecule has 0 amide bonds. The van der Waals surface area contributed by atoms with Gasteiger partial charge in [-0.25, -0.2) is 0 Å². The molecule has 0 fully saturated rings. The number of unbranched alkanes of at least 4 members (excludes halogenated alkanes) is 12. The predicted molar refractivity (Wildman–Crippen MR) is 311 cm³/mol. The Hall–Kier alpha value is -4.97. The minimum atomic E-state index is -0.827. The van der Waals surface area contributed by atoms with Crippen LogP contribution in [-0.4, -0.2) is 37.2 Å². The zero-order valence-electron chi connectivity index (χ0n) is 45.9. The Kier molecular flexibility index (Phi) is 54.6. The summed E-state index contributed by atoms with van der Waals surface area (Å²) in [6.07, 6.45) is 85.3. The second-order valence-electron chi connectivity index (χ2n) is 18.1. The van der Waals surface area contributed by atoms with Crippen molar-refractivity contribution in [3.63, 3.8) is 0 Å². The first-order chi connectivity index (χ1) is 35.5. The van der Waals surface area contributed by atoms with E-state index in [9.17, 15) is 14.4 Å². The Morgan fingerprint density at radius 1 is 0.292 bits per heavy atom. The van der Waals surface area contributed by atoms with E-state index in [-0.39, 0.29) is 44.0 Å². The zero-order valence-corrected chi connectivity index (χ0v) is 45.9. The van der Waals surface area contributed by atoms with E-state index in [4.69, 9.17) is 14.2 Å². The van der Waals surface area contributed by atoms with Crippen LogP contribution >= 0.6 is 0 Å². The number of rotatable bonds is 49. The van der Waals surface area contributed by atoms with Gasteiger partial charge in [0, 0.05) is 19.3 Å². The molecule has 0 rings (SSSR count). The van der Waals surface area contributed by atoms with E-state index < -0.39 is 6.10 Å². The maximum Gasteiger partial charge on any atom is 0.306 e. The molecule has 72 heavy (non-hydrogen) atoms. The highest BCUT2D eigenvalue weighted by atomic mass is 16.6. The van der Waals surface area contributed by atoms with Crippen LogP contribution in [0, 0.1) is 0 Å². The van der Waals surface area contributed by atoms with Gasteiger partial charge in [0.05, 0.1) is 0 Å². The Morgan fingerprint density at radius 2 is 0.556 bits per heavy atom. The lowest BCUT2D eigenvalue weighted by molar-refractivity contribution is -0.167. The molecule has 402 valence electrons. The van der Waals surface area contributed by atoms with Crippen molar-refractivity contribution in [3.05, 3.63) is 158 Å². The molecule has 0 spiro atoms. The largest absolute Gasteiger partial charge is 0.462 e. The van der Waals surface area contributed by atoms with Gasteiger partial charge >= 0.3 is 17.9 Å². The van der Waals surface area contributed by atoms with E-state index in [1.165, 1.54) is 32.1 Å². The predicted octanol–water partition coefficient (Wildman–Crippen LogP) is 19.4. The second kappa shape index (κ2) is 58.6. The van der Waals surface area contributed by atoms with E-state index in [1.54, 1.807) is 0 Å². The van der Waals surface area contributed by atoms with Crippen molar-refractivity contribution >= 4 is 17.9 Å². The molecule has 0 aromatic heterocycles. The standard InChI is InChI=1S/C66H102O6/c1-4-7-10-13-16-19-22-25-26-27-28-29-30-31-32-33-34-35-36-37-38-39-40-42-44-47-50-53-56-59-65(68)71-62-63(61-70-64(67)58-55-52-49-46-43-24-21-18-15-12-9-6-3)72-66(69)60-57-54-51-48-45-41-23-20-17-14-11-8-5-2/h7-8,10-11,16-21,25-26,28-29,31-32,34-35,37-38,40-42,45,47,50,63H,4-6,9,12-15,22-24,27,30,33,36,39,43-44,46,48-49,51-62H2,1-3H3/b10-7-,11-8-,19-16-,20-17-,21-18-,26-25-,29-28-,32-31-,35-34-,38-37-,42-40-,45-41-,50-47-. The first kappa shape index (κ1) is 67.0. The first-order valence-electron chi connectivity index (χ1n) is 28.5. The summed E-state index contributed by atoms with van der Waals surface area (Å²) in [5.41, 5.74) is 0. The second-order valence-corrected chi connectivity index (χ2v) is 18.1. The lowest BCUT2D eigenvalue weighted by Crippen LogP contribution is -2.30. The number of hydrogen-bond donors (Lipinski definition) is 0. The average molecular weight is 992 g/mol. The maximum absolute atomic E-state index is 12.8. The Balaban J connectivity index is 4.45. The van der Waals surface area contributed by atoms with Crippen LogP contribution in [0.2, 0.25) is 0 Å². The molecule has 0 bridgehead atoms. The van der Waals surface area contributed by atoms with Crippen molar-refractivity contribution in [2.24, 2.45) is 0 Å². The summed E-state index contributed by atoms with van der Waals surface area (Å²) < 4.78 is 16.7. The molecule has 1 atom stereocenters. The molecule has 6 nitrogen and oxygen atoms in total. The molecule has 0 N–H and O–H groups in total. The molecule has 6 heteroatoms. The van der Waals surface area contributed by atoms with E-state index in [1.807, 2.05) is 0 Å². The molecule has 1 unspecified atom stereocenters. The lowest BCUT2D eigenvalue weighted by Gasteiger charge is -2.18. The van der Waals surface area contributed by atoms with E-state index in [0.717, 1.165) is 135 Å². The van der Waals surface area contributed by atoms with Gasteiger partial charge in [0.2, 0.25) is 0 Å². The summed E-state index contributed by atoms with van der Waals surface area (Å²) in [7, 11) is 0. The maximum atomic E-state index is 12.8. The molecule has 0 aliphatic rings. The summed E-state index contributed by atoms with van der Waals surface area (Å²) in [6.45, 7) is 6.28. The van der Waals surface area contributed by atoms with Gasteiger partial charge in [-0.2, -0.15) is 0 Å². The van der Waals surface area contributed by atoms with Gasteiger partial charge in [-0.3, -0.25) is 14.4 Å². The molecule has 0 aliphatic carbocycles. The number of allylic oxidation sites excluding steroid dienone is 26. The van der Waals surface area contributed by atoms with Crippen molar-refractivity contribution in [2.45, 2.75) is 226 Å². The van der Waals surface area contributed by atoms with Crippen LogP contribution in [0.25, 0.3) is 0 Å². The van der Waals surface area contributed by atoms with Crippen LogP contribution in [0.4, 0.5) is 0 Å². The summed E-state index contributed by atoms with van der Waals surface area (Å²) >= 11 is 0. The van der Waals surface area contributed by atoms with Gasteiger partial charge in [-0.15, -0.1) is 0 Å². The third-order valence-corrected chi connectivity index (χ3v) is 11.2. The molecule has 0 aromatic carbocycles. The minimum Gasteiger partial charge on any atom is -0.462 e. The fraction of sp³-hybridized carbons (Fsp3) is 0.561. The molecular weight excluding hydrogens is 889 g/mol. The lowest BCUT2D eigenvalue weighted by atomic mass is 10.1. The van der Waals surface area contributed by atoms with Crippen LogP contribution in [0.1, 0.15) is 220 Å². The average Bonchev–Trinajstić information content (AvgIpc) is 3.38. The summed E-state index contributed by atoms with van der Waals surface area (Å²) in [5.74, 6) is -1.03. The number of ether oxygens (including phenoxy) is 3. The summed E-state index contributed by atoms with van der Waals surface area (Å²) in [4.78, 5) is 38.0. The Bertz CT molecular complexity index is 1660. The van der Waals surface area contributed by atoms with Crippen molar-refractivity contribution in [3.8, 4) is 0 Å². The van der Waals surface area contributed by atoms with Crippen molar-refractivity contribution < 1.29 is 28.6 Å². The minimum absolute atomic E-state index is 0.119. The highest BCUT2D eigenvalue weighted by molar-refractivity contribution is 5.71. The van der Waals surface area contributed by atoms with E-state index in [0.29, 0.717) is 19.3 Å². The van der Waals surface area contributed by atoms with Crippen molar-refractivity contribution in [1.82, 2.24) is 0 Å². The van der Waals surface area contributed by atoms with Crippen LogP contribution in [-0.2, 0) is 28.6 Å². The highest BCUT2D eigenvalue weighted by Crippen LogP contribution is 2.12. The molecule has 0 saturated carbocycles. The Labute approximate surface area is 441 Å². The number of carbonyl (C=O) groups excluding carboxylic acids is 3. The third-order valence-electron chi connectivity index (χ3n) is 11.2. The fourth-order valence-electron chi connectivity index (χ4n) is 7.04. The SMILES string of the molecule is CC/C=C\C/C=C\C/C=C\C/C=C\C/C=C\C/C=C\C/C=C\C/C=C\C/C=C\CCCC(=O)OCC(COC(=O)CCCCCCC/C=C\CCCCC)OC(=O)CCCCC/C=C\C/C=C\C/C=C\CC. The molecule has 0 aliphatic heterocycles. The van der Waals surface area contributed by atoms with Crippen molar-refractivity contribution in [2.75, 3.05) is 13.2 Å². The first-order valence-corrected chi connectivity index (χ1v) is 28.5. The number of carbonyl (C=O) groups is 3. The van der Waals surface area contributed by atoms with Gasteiger partial charge in [-0.05, 0) is 141 Å². The fourth-order valence-corrected chi connectivity index (χ4v) is 7.04. The summed E-state index contributed by atoms with van der Waals surface area (Å²) in [6, 6.07) is 0. The summed E-state index contributed by atoms with van der Waals surface area (Å²) in [5, 5.41) is 0.